The summed E-state index contributed by atoms with van der Waals surface area (Å²) in [5.41, 5.74) is 3.73. The Morgan fingerprint density at radius 1 is 0.638 bits per heavy atom. The van der Waals surface area contributed by atoms with Gasteiger partial charge in [0.25, 0.3) is 10.1 Å². The molecule has 47 heavy (non-hydrogen) atoms. The fourth-order valence-electron chi connectivity index (χ4n) is 5.21. The van der Waals surface area contributed by atoms with Gasteiger partial charge in [0.1, 0.15) is 24.4 Å². The number of aliphatic hydroxyl groups excluding tert-OH is 1. The van der Waals surface area contributed by atoms with Crippen molar-refractivity contribution in [1.29, 1.82) is 0 Å². The zero-order chi connectivity index (χ0) is 32.9. The number of hydrogen-bond acceptors (Lipinski definition) is 9. The molecular weight excluding hydrogens is 620 g/mol. The summed E-state index contributed by atoms with van der Waals surface area (Å²) in [5.74, 6) is 0. The quantitative estimate of drug-likeness (QED) is 0.115. The van der Waals surface area contributed by atoms with Crippen LogP contribution in [0, 0.1) is 6.92 Å². The second kappa shape index (κ2) is 17.6. The van der Waals surface area contributed by atoms with E-state index in [-0.39, 0.29) is 44.5 Å². The molecule has 0 aliphatic carbocycles. The second-order valence-corrected chi connectivity index (χ2v) is 12.9. The van der Waals surface area contributed by atoms with Crippen LogP contribution in [-0.2, 0) is 57.8 Å². The van der Waals surface area contributed by atoms with Crippen molar-refractivity contribution in [3.63, 3.8) is 0 Å². The highest BCUT2D eigenvalue weighted by molar-refractivity contribution is 7.86. The molecule has 1 aliphatic heterocycles. The van der Waals surface area contributed by atoms with Gasteiger partial charge in [0, 0.05) is 6.61 Å². The fourth-order valence-corrected chi connectivity index (χ4v) is 6.13. The monoisotopic (exact) mass is 662 g/mol. The van der Waals surface area contributed by atoms with E-state index in [1.165, 1.54) is 12.1 Å². The van der Waals surface area contributed by atoms with Crippen LogP contribution in [0.4, 0.5) is 0 Å². The van der Waals surface area contributed by atoms with E-state index in [0.717, 1.165) is 22.3 Å². The van der Waals surface area contributed by atoms with Crippen LogP contribution >= 0.6 is 0 Å². The minimum absolute atomic E-state index is 0.0392. The first-order valence-corrected chi connectivity index (χ1v) is 17.1. The van der Waals surface area contributed by atoms with E-state index in [1.54, 1.807) is 12.1 Å². The van der Waals surface area contributed by atoms with Crippen LogP contribution in [-0.4, -0.2) is 64.1 Å². The summed E-state index contributed by atoms with van der Waals surface area (Å²) >= 11 is 0. The van der Waals surface area contributed by atoms with E-state index in [4.69, 9.17) is 27.9 Å². The van der Waals surface area contributed by atoms with Crippen molar-refractivity contribution in [2.45, 2.75) is 68.8 Å². The van der Waals surface area contributed by atoms with E-state index >= 15 is 0 Å². The second-order valence-electron chi connectivity index (χ2n) is 11.3. The predicted molar refractivity (Wildman–Crippen MR) is 176 cm³/mol. The summed E-state index contributed by atoms with van der Waals surface area (Å²) < 4.78 is 64.3. The van der Waals surface area contributed by atoms with E-state index in [2.05, 4.69) is 0 Å². The summed E-state index contributed by atoms with van der Waals surface area (Å²) in [4.78, 5) is 0.0392. The molecule has 0 saturated carbocycles. The molecule has 1 saturated heterocycles. The van der Waals surface area contributed by atoms with Crippen molar-refractivity contribution < 1.29 is 41.4 Å². The van der Waals surface area contributed by atoms with E-state index in [9.17, 15) is 13.5 Å². The lowest BCUT2D eigenvalue weighted by atomic mass is 9.98. The lowest BCUT2D eigenvalue weighted by Crippen LogP contribution is -2.62. The molecule has 0 amide bonds. The highest BCUT2D eigenvalue weighted by atomic mass is 32.2. The van der Waals surface area contributed by atoms with E-state index < -0.39 is 40.8 Å². The first-order chi connectivity index (χ1) is 22.9. The maximum atomic E-state index is 13.2. The topological polar surface area (TPSA) is 110 Å². The number of aliphatic hydroxyl groups is 1. The molecule has 10 heteroatoms. The van der Waals surface area contributed by atoms with Gasteiger partial charge in [-0.25, -0.2) is 0 Å². The molecule has 4 aromatic rings. The van der Waals surface area contributed by atoms with Gasteiger partial charge in [-0.2, -0.15) is 8.42 Å². The highest BCUT2D eigenvalue weighted by Crippen LogP contribution is 2.32. The summed E-state index contributed by atoms with van der Waals surface area (Å²) in [5, 5.41) is 9.46. The van der Waals surface area contributed by atoms with Gasteiger partial charge in [-0.3, -0.25) is 4.18 Å². The highest BCUT2D eigenvalue weighted by Gasteiger charge is 2.49. The maximum Gasteiger partial charge on any atom is 0.297 e. The third-order valence-electron chi connectivity index (χ3n) is 7.73. The van der Waals surface area contributed by atoms with E-state index in [1.807, 2.05) is 97.9 Å². The minimum Gasteiger partial charge on any atom is -0.396 e. The standard InChI is InChI=1S/C37H42O9S/c1-28-18-20-32(21-19-28)47(39,40)45-27-33-34(42-24-29-12-5-2-6-13-29)35(43-25-30-14-7-3-8-15-30)36(37(46-33)41-23-11-22-38)44-26-31-16-9-4-10-17-31/h2-10,12-21,33-38H,11,22-27H2,1H3/t33-,34-,35+,36-,37-/m1/s1. The molecule has 1 heterocycles. The average Bonchev–Trinajstić information content (AvgIpc) is 3.10. The number of benzene rings is 4. The summed E-state index contributed by atoms with van der Waals surface area (Å²) in [7, 11) is -4.12. The van der Waals surface area contributed by atoms with Gasteiger partial charge in [0.2, 0.25) is 0 Å². The summed E-state index contributed by atoms with van der Waals surface area (Å²) in [6, 6.07) is 35.5. The van der Waals surface area contributed by atoms with Crippen molar-refractivity contribution in [2.75, 3.05) is 19.8 Å². The van der Waals surface area contributed by atoms with E-state index in [0.29, 0.717) is 6.42 Å². The smallest absolute Gasteiger partial charge is 0.297 e. The molecule has 5 atom stereocenters. The Hall–Kier alpha value is -3.45. The van der Waals surface area contributed by atoms with Gasteiger partial charge >= 0.3 is 0 Å². The van der Waals surface area contributed by atoms with Gasteiger partial charge in [-0.05, 0) is 42.2 Å². The third-order valence-corrected chi connectivity index (χ3v) is 9.02. The molecule has 4 aromatic carbocycles. The zero-order valence-corrected chi connectivity index (χ0v) is 27.2. The Morgan fingerprint density at radius 2 is 1.13 bits per heavy atom. The van der Waals surface area contributed by atoms with Gasteiger partial charge in [0.15, 0.2) is 6.29 Å². The van der Waals surface area contributed by atoms with Crippen LogP contribution in [0.1, 0.15) is 28.7 Å². The van der Waals surface area contributed by atoms with Crippen LogP contribution in [0.25, 0.3) is 0 Å². The van der Waals surface area contributed by atoms with Crippen molar-refractivity contribution in [1.82, 2.24) is 0 Å². The average molecular weight is 663 g/mol. The Labute approximate surface area is 277 Å². The zero-order valence-electron chi connectivity index (χ0n) is 26.4. The minimum atomic E-state index is -4.12. The molecular formula is C37H42O9S. The molecule has 250 valence electrons. The molecule has 0 bridgehead atoms. The molecule has 0 aromatic heterocycles. The van der Waals surface area contributed by atoms with Crippen molar-refractivity contribution in [2.24, 2.45) is 0 Å². The molecule has 0 spiro atoms. The molecule has 9 nitrogen and oxygen atoms in total. The fraction of sp³-hybridized carbons (Fsp3) is 0.351. The summed E-state index contributed by atoms with van der Waals surface area (Å²) in [6.07, 6.45) is -3.87. The lowest BCUT2D eigenvalue weighted by molar-refractivity contribution is -0.325. The van der Waals surface area contributed by atoms with Crippen LogP contribution < -0.4 is 0 Å². The number of hydrogen-bond donors (Lipinski definition) is 1. The lowest BCUT2D eigenvalue weighted by Gasteiger charge is -2.45. The molecule has 1 fully saturated rings. The van der Waals surface area contributed by atoms with Crippen LogP contribution in [0.5, 0.6) is 0 Å². The molecule has 1 N–H and O–H groups in total. The maximum absolute atomic E-state index is 13.2. The molecule has 0 radical (unpaired) electrons. The number of rotatable bonds is 17. The first-order valence-electron chi connectivity index (χ1n) is 15.7. The summed E-state index contributed by atoms with van der Waals surface area (Å²) in [6.45, 7) is 2.33. The van der Waals surface area contributed by atoms with Crippen molar-refractivity contribution in [3.05, 3.63) is 138 Å². The van der Waals surface area contributed by atoms with Crippen LogP contribution in [0.15, 0.2) is 120 Å². The van der Waals surface area contributed by atoms with Gasteiger partial charge < -0.3 is 28.8 Å². The Bertz CT molecular complexity index is 1570. The number of aryl methyl sites for hydroxylation is 1. The SMILES string of the molecule is Cc1ccc(S(=O)(=O)OC[C@H]2O[C@@H](OCCCO)[C@H](OCc3ccccc3)[C@@H](OCc3ccccc3)[C@@H]2OCc2ccccc2)cc1. The molecule has 0 unspecified atom stereocenters. The Balaban J connectivity index is 1.46. The van der Waals surface area contributed by atoms with Gasteiger partial charge in [0.05, 0.1) is 37.9 Å². The predicted octanol–water partition coefficient (Wildman–Crippen LogP) is 5.58. The van der Waals surface area contributed by atoms with Gasteiger partial charge in [-0.15, -0.1) is 0 Å². The van der Waals surface area contributed by atoms with Crippen LogP contribution in [0.3, 0.4) is 0 Å². The number of ether oxygens (including phenoxy) is 5. The van der Waals surface area contributed by atoms with Crippen LogP contribution in [0.2, 0.25) is 0 Å². The normalized spacial score (nSPS) is 21.4. The molecule has 1 aliphatic rings. The van der Waals surface area contributed by atoms with Crippen molar-refractivity contribution in [3.8, 4) is 0 Å². The first kappa shape index (κ1) is 34.9. The third kappa shape index (κ3) is 10.3. The Kier molecular flexibility index (Phi) is 13.1. The Morgan fingerprint density at radius 3 is 1.64 bits per heavy atom. The largest absolute Gasteiger partial charge is 0.396 e. The van der Waals surface area contributed by atoms with Crippen molar-refractivity contribution >= 4 is 10.1 Å². The van der Waals surface area contributed by atoms with Gasteiger partial charge in [-0.1, -0.05) is 109 Å². The molecule has 5 rings (SSSR count).